The zero-order valence-electron chi connectivity index (χ0n) is 11.5. The SMILES string of the molecule is CC1(CNS(=O)(=O)c2c(F)cc(F)cc2F)CCCNC1. The van der Waals surface area contributed by atoms with E-state index in [4.69, 9.17) is 0 Å². The van der Waals surface area contributed by atoms with Gasteiger partial charge in [0.05, 0.1) is 0 Å². The fourth-order valence-electron chi connectivity index (χ4n) is 2.40. The van der Waals surface area contributed by atoms with Crippen molar-refractivity contribution in [3.05, 3.63) is 29.6 Å². The van der Waals surface area contributed by atoms with Gasteiger partial charge in [0, 0.05) is 25.2 Å². The molecule has 1 aromatic carbocycles. The highest BCUT2D eigenvalue weighted by molar-refractivity contribution is 7.89. The summed E-state index contributed by atoms with van der Waals surface area (Å²) >= 11 is 0. The van der Waals surface area contributed by atoms with Crippen molar-refractivity contribution < 1.29 is 21.6 Å². The first-order valence-electron chi connectivity index (χ1n) is 6.58. The van der Waals surface area contributed by atoms with Gasteiger partial charge in [0.1, 0.15) is 17.5 Å². The van der Waals surface area contributed by atoms with Gasteiger partial charge in [-0.2, -0.15) is 0 Å². The van der Waals surface area contributed by atoms with Crippen LogP contribution in [0, 0.1) is 22.9 Å². The maximum atomic E-state index is 13.6. The van der Waals surface area contributed by atoms with Crippen LogP contribution < -0.4 is 10.0 Å². The fourth-order valence-corrected chi connectivity index (χ4v) is 3.71. The van der Waals surface area contributed by atoms with Gasteiger partial charge < -0.3 is 5.32 Å². The lowest BCUT2D eigenvalue weighted by Gasteiger charge is -2.34. The second-order valence-electron chi connectivity index (χ2n) is 5.61. The zero-order chi connectivity index (χ0) is 15.7. The zero-order valence-corrected chi connectivity index (χ0v) is 12.4. The molecule has 0 saturated carbocycles. The average Bonchev–Trinajstić information content (AvgIpc) is 2.36. The molecule has 1 aliphatic heterocycles. The molecule has 1 atom stereocenters. The third-order valence-electron chi connectivity index (χ3n) is 3.61. The Kier molecular flexibility index (Phi) is 4.60. The van der Waals surface area contributed by atoms with Crippen LogP contribution in [0.15, 0.2) is 17.0 Å². The maximum absolute atomic E-state index is 13.6. The first-order valence-corrected chi connectivity index (χ1v) is 8.07. The molecule has 1 aliphatic rings. The molecule has 4 nitrogen and oxygen atoms in total. The third kappa shape index (κ3) is 3.75. The Hall–Kier alpha value is -1.12. The quantitative estimate of drug-likeness (QED) is 0.888. The lowest BCUT2D eigenvalue weighted by molar-refractivity contribution is 0.238. The van der Waals surface area contributed by atoms with E-state index in [0.29, 0.717) is 18.7 Å². The van der Waals surface area contributed by atoms with Crippen LogP contribution in [0.4, 0.5) is 13.2 Å². The van der Waals surface area contributed by atoms with Crippen LogP contribution in [0.2, 0.25) is 0 Å². The van der Waals surface area contributed by atoms with Crippen LogP contribution in [-0.2, 0) is 10.0 Å². The Morgan fingerprint density at radius 1 is 1.29 bits per heavy atom. The second-order valence-corrected chi connectivity index (χ2v) is 7.32. The van der Waals surface area contributed by atoms with Crippen molar-refractivity contribution in [3.63, 3.8) is 0 Å². The summed E-state index contributed by atoms with van der Waals surface area (Å²) in [6.45, 7) is 3.42. The smallest absolute Gasteiger partial charge is 0.246 e. The van der Waals surface area contributed by atoms with Gasteiger partial charge in [0.25, 0.3) is 0 Å². The monoisotopic (exact) mass is 322 g/mol. The van der Waals surface area contributed by atoms with E-state index in [1.807, 2.05) is 6.92 Å². The molecule has 2 rings (SSSR count). The Morgan fingerprint density at radius 3 is 2.43 bits per heavy atom. The van der Waals surface area contributed by atoms with Crippen LogP contribution in [0.1, 0.15) is 19.8 Å². The summed E-state index contributed by atoms with van der Waals surface area (Å²) in [4.78, 5) is -1.14. The molecule has 0 radical (unpaired) electrons. The molecule has 1 fully saturated rings. The van der Waals surface area contributed by atoms with Gasteiger partial charge in [-0.25, -0.2) is 26.3 Å². The Bertz CT molecular complexity index is 605. The summed E-state index contributed by atoms with van der Waals surface area (Å²) in [5.74, 6) is -4.04. The summed E-state index contributed by atoms with van der Waals surface area (Å²) in [6.07, 6.45) is 1.70. The minimum atomic E-state index is -4.37. The average molecular weight is 322 g/mol. The first kappa shape index (κ1) is 16.3. The molecular weight excluding hydrogens is 305 g/mol. The number of halogens is 3. The van der Waals surface area contributed by atoms with E-state index in [-0.39, 0.29) is 12.0 Å². The predicted octanol–water partition coefficient (Wildman–Crippen LogP) is 1.77. The molecular formula is C13H17F3N2O2S. The topological polar surface area (TPSA) is 58.2 Å². The molecule has 1 heterocycles. The lowest BCUT2D eigenvalue weighted by atomic mass is 9.83. The molecule has 21 heavy (non-hydrogen) atoms. The predicted molar refractivity (Wildman–Crippen MR) is 71.7 cm³/mol. The number of sulfonamides is 1. The van der Waals surface area contributed by atoms with Crippen LogP contribution in [-0.4, -0.2) is 28.1 Å². The van der Waals surface area contributed by atoms with E-state index < -0.39 is 32.4 Å². The van der Waals surface area contributed by atoms with Gasteiger partial charge in [0.15, 0.2) is 4.90 Å². The number of rotatable bonds is 4. The minimum absolute atomic E-state index is 0.0542. The first-order chi connectivity index (χ1) is 9.73. The summed E-state index contributed by atoms with van der Waals surface area (Å²) < 4.78 is 66.2. The number of benzene rings is 1. The summed E-state index contributed by atoms with van der Waals surface area (Å²) in [5, 5.41) is 3.15. The molecule has 1 saturated heterocycles. The van der Waals surface area contributed by atoms with Crippen molar-refractivity contribution in [2.24, 2.45) is 5.41 Å². The standard InChI is InChI=1S/C13H17F3N2O2S/c1-13(3-2-4-17-7-13)8-18-21(19,20)12-10(15)5-9(14)6-11(12)16/h5-6,17-18H,2-4,7-8H2,1H3. The van der Waals surface area contributed by atoms with Crippen LogP contribution in [0.25, 0.3) is 0 Å². The van der Waals surface area contributed by atoms with E-state index in [1.54, 1.807) is 0 Å². The summed E-state index contributed by atoms with van der Waals surface area (Å²) in [7, 11) is -4.37. The van der Waals surface area contributed by atoms with Gasteiger partial charge in [-0.15, -0.1) is 0 Å². The van der Waals surface area contributed by atoms with Crippen LogP contribution in [0.3, 0.4) is 0 Å². The highest BCUT2D eigenvalue weighted by atomic mass is 32.2. The molecule has 0 aliphatic carbocycles. The second kappa shape index (κ2) is 5.94. The maximum Gasteiger partial charge on any atom is 0.246 e. The van der Waals surface area contributed by atoms with Crippen LogP contribution in [0.5, 0.6) is 0 Å². The Balaban J connectivity index is 2.19. The van der Waals surface area contributed by atoms with Gasteiger partial charge in [-0.3, -0.25) is 0 Å². The molecule has 0 spiro atoms. The largest absolute Gasteiger partial charge is 0.316 e. The van der Waals surface area contributed by atoms with E-state index in [9.17, 15) is 21.6 Å². The van der Waals surface area contributed by atoms with Crippen molar-refractivity contribution >= 4 is 10.0 Å². The van der Waals surface area contributed by atoms with E-state index in [2.05, 4.69) is 10.0 Å². The Morgan fingerprint density at radius 2 is 1.90 bits per heavy atom. The van der Waals surface area contributed by atoms with E-state index >= 15 is 0 Å². The minimum Gasteiger partial charge on any atom is -0.316 e. The van der Waals surface area contributed by atoms with Gasteiger partial charge in [-0.05, 0) is 24.8 Å². The van der Waals surface area contributed by atoms with Crippen molar-refractivity contribution in [1.29, 1.82) is 0 Å². The Labute approximate surface area is 121 Å². The number of hydrogen-bond acceptors (Lipinski definition) is 3. The molecule has 0 aromatic heterocycles. The summed E-state index contributed by atoms with van der Waals surface area (Å²) in [5.41, 5.74) is -0.321. The fraction of sp³-hybridized carbons (Fsp3) is 0.538. The normalized spacial score (nSPS) is 23.2. The highest BCUT2D eigenvalue weighted by Crippen LogP contribution is 2.26. The number of piperidine rings is 1. The van der Waals surface area contributed by atoms with E-state index in [1.165, 1.54) is 0 Å². The lowest BCUT2D eigenvalue weighted by Crippen LogP contribution is -2.45. The van der Waals surface area contributed by atoms with Gasteiger partial charge in [-0.1, -0.05) is 6.92 Å². The molecule has 2 N–H and O–H groups in total. The van der Waals surface area contributed by atoms with Gasteiger partial charge >= 0.3 is 0 Å². The molecule has 0 amide bonds. The van der Waals surface area contributed by atoms with Crippen molar-refractivity contribution in [1.82, 2.24) is 10.0 Å². The van der Waals surface area contributed by atoms with Gasteiger partial charge in [0.2, 0.25) is 10.0 Å². The molecule has 118 valence electrons. The highest BCUT2D eigenvalue weighted by Gasteiger charge is 2.31. The van der Waals surface area contributed by atoms with E-state index in [0.717, 1.165) is 19.4 Å². The number of nitrogens with one attached hydrogen (secondary N) is 2. The molecule has 0 bridgehead atoms. The van der Waals surface area contributed by atoms with Crippen molar-refractivity contribution in [2.75, 3.05) is 19.6 Å². The van der Waals surface area contributed by atoms with Crippen LogP contribution >= 0.6 is 0 Å². The number of hydrogen-bond donors (Lipinski definition) is 2. The summed E-state index contributed by atoms with van der Waals surface area (Å²) in [6, 6.07) is 0.697. The molecule has 8 heteroatoms. The third-order valence-corrected chi connectivity index (χ3v) is 5.06. The molecule has 1 unspecified atom stereocenters. The van der Waals surface area contributed by atoms with Crippen molar-refractivity contribution in [3.8, 4) is 0 Å². The van der Waals surface area contributed by atoms with Crippen molar-refractivity contribution in [2.45, 2.75) is 24.7 Å². The molecule has 1 aromatic rings.